The number of fused-ring (bicyclic) bond motifs is 1. The van der Waals surface area contributed by atoms with Gasteiger partial charge in [-0.2, -0.15) is 5.10 Å². The molecule has 1 aromatic heterocycles. The number of piperidine rings is 1. The van der Waals surface area contributed by atoms with E-state index in [9.17, 15) is 18.0 Å². The fourth-order valence-electron chi connectivity index (χ4n) is 4.78. The number of aryl methyl sites for hydroxylation is 1. The molecule has 0 unspecified atom stereocenters. The number of sulfonamides is 1. The summed E-state index contributed by atoms with van der Waals surface area (Å²) < 4.78 is 27.7. The Kier molecular flexibility index (Phi) is 5.94. The number of anilines is 1. The van der Waals surface area contributed by atoms with Gasteiger partial charge in [-0.25, -0.2) is 13.1 Å². The molecule has 2 aromatic rings. The Balaban J connectivity index is 1.74. The third-order valence-electron chi connectivity index (χ3n) is 6.60. The summed E-state index contributed by atoms with van der Waals surface area (Å²) in [5.74, 6) is -0.232. The normalized spacial score (nSPS) is 21.2. The zero-order valence-electron chi connectivity index (χ0n) is 19.7. The molecule has 0 saturated carbocycles. The number of nitrogens with one attached hydrogen (secondary N) is 1. The van der Waals surface area contributed by atoms with Crippen molar-refractivity contribution in [3.63, 3.8) is 0 Å². The first-order valence-corrected chi connectivity index (χ1v) is 13.0. The van der Waals surface area contributed by atoms with Crippen LogP contribution in [0.5, 0.6) is 0 Å². The summed E-state index contributed by atoms with van der Waals surface area (Å²) >= 11 is 0. The number of allylic oxidation sites excluding steroid dienone is 2. The molecule has 1 amide bonds. The van der Waals surface area contributed by atoms with Crippen LogP contribution in [0.2, 0.25) is 0 Å². The predicted octanol–water partition coefficient (Wildman–Crippen LogP) is 3.71. The van der Waals surface area contributed by atoms with Crippen molar-refractivity contribution in [2.45, 2.75) is 53.0 Å². The quantitative estimate of drug-likeness (QED) is 0.734. The highest BCUT2D eigenvalue weighted by Gasteiger charge is 2.37. The summed E-state index contributed by atoms with van der Waals surface area (Å²) in [6, 6.07) is 6.74. The molecule has 1 aromatic carbocycles. The molecule has 0 aliphatic carbocycles. The third-order valence-corrected chi connectivity index (χ3v) is 7.19. The van der Waals surface area contributed by atoms with Gasteiger partial charge in [0.1, 0.15) is 0 Å². The Hall–Kier alpha value is -2.94. The van der Waals surface area contributed by atoms with Crippen molar-refractivity contribution in [2.75, 3.05) is 17.5 Å². The average molecular weight is 471 g/mol. The Morgan fingerprint density at radius 2 is 1.91 bits per heavy atom. The van der Waals surface area contributed by atoms with E-state index >= 15 is 0 Å². The predicted molar refractivity (Wildman–Crippen MR) is 127 cm³/mol. The lowest BCUT2D eigenvalue weighted by Crippen LogP contribution is -2.42. The maximum absolute atomic E-state index is 13.8. The first-order valence-electron chi connectivity index (χ1n) is 11.2. The van der Waals surface area contributed by atoms with Crippen molar-refractivity contribution in [1.29, 1.82) is 0 Å². The van der Waals surface area contributed by atoms with Gasteiger partial charge in [0, 0.05) is 18.5 Å². The van der Waals surface area contributed by atoms with Crippen molar-refractivity contribution in [3.05, 3.63) is 57.9 Å². The Morgan fingerprint density at radius 1 is 1.18 bits per heavy atom. The van der Waals surface area contributed by atoms with Gasteiger partial charge in [-0.3, -0.25) is 14.3 Å². The topological polar surface area (TPSA) is 101 Å². The maximum atomic E-state index is 13.8. The fourth-order valence-corrected chi connectivity index (χ4v) is 5.36. The van der Waals surface area contributed by atoms with Gasteiger partial charge in [-0.15, -0.1) is 0 Å². The number of carbonyl (C=O) groups is 2. The van der Waals surface area contributed by atoms with E-state index in [2.05, 4.69) is 16.7 Å². The van der Waals surface area contributed by atoms with Gasteiger partial charge in [0.25, 0.3) is 11.8 Å². The highest BCUT2D eigenvalue weighted by Crippen LogP contribution is 2.38. The molecule has 176 valence electrons. The van der Waals surface area contributed by atoms with Crippen LogP contribution in [0.1, 0.15) is 71.8 Å². The van der Waals surface area contributed by atoms with Crippen LogP contribution in [0.4, 0.5) is 5.69 Å². The van der Waals surface area contributed by atoms with Crippen LogP contribution in [0.3, 0.4) is 0 Å². The van der Waals surface area contributed by atoms with Crippen molar-refractivity contribution in [1.82, 2.24) is 14.7 Å². The van der Waals surface area contributed by atoms with E-state index in [1.54, 1.807) is 23.1 Å². The molecule has 2 aliphatic rings. The highest BCUT2D eigenvalue weighted by atomic mass is 32.2. The number of hydrogen-bond donors (Lipinski definition) is 1. The first kappa shape index (κ1) is 23.2. The molecule has 8 nitrogen and oxygen atoms in total. The first-order chi connectivity index (χ1) is 15.5. The number of nitrogens with zero attached hydrogens (tertiary/aromatic N) is 3. The van der Waals surface area contributed by atoms with Crippen LogP contribution < -0.4 is 4.72 Å². The second-order valence-corrected chi connectivity index (χ2v) is 11.1. The van der Waals surface area contributed by atoms with Crippen molar-refractivity contribution < 1.29 is 18.0 Å². The highest BCUT2D eigenvalue weighted by molar-refractivity contribution is 7.92. The van der Waals surface area contributed by atoms with Gasteiger partial charge in [-0.05, 0) is 57.7 Å². The molecule has 2 atom stereocenters. The van der Waals surface area contributed by atoms with Crippen LogP contribution in [-0.4, -0.2) is 47.7 Å². The van der Waals surface area contributed by atoms with Gasteiger partial charge in [0.15, 0.2) is 0 Å². The van der Waals surface area contributed by atoms with Crippen LogP contribution in [0.15, 0.2) is 35.4 Å². The molecule has 4 rings (SSSR count). The molecule has 33 heavy (non-hydrogen) atoms. The largest absolute Gasteiger partial charge is 0.330 e. The third kappa shape index (κ3) is 4.46. The van der Waals surface area contributed by atoms with Crippen LogP contribution in [-0.2, 0) is 16.4 Å². The summed E-state index contributed by atoms with van der Waals surface area (Å²) in [6.07, 6.45) is 3.50. The van der Waals surface area contributed by atoms with Gasteiger partial charge in [0.2, 0.25) is 10.0 Å². The molecule has 9 heteroatoms. The standard InChI is InChI=1S/C24H30N4O4S/c1-14-8-9-20(26-33(5,31)32)19(11-14)24(30)27-10-6-7-15(2)22(27)21-13-18-12-16(3)17(4)23(29)28(18)25-21/h8-9,11,13,15,22,26H,6-7,10,12H2,1-5H3/t15-,22+/m1/s1. The molecule has 1 N–H and O–H groups in total. The lowest BCUT2D eigenvalue weighted by Gasteiger charge is -2.39. The van der Waals surface area contributed by atoms with E-state index in [0.717, 1.165) is 35.9 Å². The molecule has 2 aliphatic heterocycles. The fraction of sp³-hybridized carbons (Fsp3) is 0.458. The molecule has 1 saturated heterocycles. The van der Waals surface area contributed by atoms with E-state index in [1.165, 1.54) is 4.68 Å². The monoisotopic (exact) mass is 470 g/mol. The van der Waals surface area contributed by atoms with Crippen molar-refractivity contribution in [2.24, 2.45) is 5.92 Å². The summed E-state index contributed by atoms with van der Waals surface area (Å²) in [7, 11) is -3.55. The number of likely N-dealkylation sites (tertiary alicyclic amines) is 1. The number of hydrogen-bond acceptors (Lipinski definition) is 5. The summed E-state index contributed by atoms with van der Waals surface area (Å²) in [5, 5.41) is 4.64. The molecular formula is C24H30N4O4S. The van der Waals surface area contributed by atoms with E-state index in [0.29, 0.717) is 29.8 Å². The second-order valence-electron chi connectivity index (χ2n) is 9.35. The average Bonchev–Trinajstić information content (AvgIpc) is 3.15. The van der Waals surface area contributed by atoms with E-state index in [-0.39, 0.29) is 29.5 Å². The minimum absolute atomic E-state index is 0.125. The zero-order chi connectivity index (χ0) is 24.1. The zero-order valence-corrected chi connectivity index (χ0v) is 20.5. The lowest BCUT2D eigenvalue weighted by atomic mass is 9.87. The smallest absolute Gasteiger partial charge is 0.274 e. The van der Waals surface area contributed by atoms with Crippen LogP contribution >= 0.6 is 0 Å². The number of carbonyl (C=O) groups excluding carboxylic acids is 2. The summed E-state index contributed by atoms with van der Waals surface area (Å²) in [6.45, 7) is 8.26. The van der Waals surface area contributed by atoms with Crippen molar-refractivity contribution >= 4 is 27.5 Å². The van der Waals surface area contributed by atoms with E-state index in [4.69, 9.17) is 0 Å². The minimum Gasteiger partial charge on any atom is -0.330 e. The van der Waals surface area contributed by atoms with Gasteiger partial charge >= 0.3 is 0 Å². The molecule has 3 heterocycles. The molecular weight excluding hydrogens is 440 g/mol. The van der Waals surface area contributed by atoms with Crippen LogP contribution in [0.25, 0.3) is 0 Å². The lowest BCUT2D eigenvalue weighted by molar-refractivity contribution is 0.0505. The van der Waals surface area contributed by atoms with E-state index in [1.807, 2.05) is 26.8 Å². The SMILES string of the molecule is CC1=C(C)C(=O)n2nc([C@@H]3[C@H](C)CCCN3C(=O)c3cc(C)ccc3NS(C)(=O)=O)cc2C1. The van der Waals surface area contributed by atoms with Crippen LogP contribution in [0, 0.1) is 12.8 Å². The maximum Gasteiger partial charge on any atom is 0.274 e. The Labute approximate surface area is 194 Å². The second kappa shape index (κ2) is 8.44. The van der Waals surface area contributed by atoms with Crippen molar-refractivity contribution in [3.8, 4) is 0 Å². The molecule has 0 radical (unpaired) electrons. The number of amides is 1. The van der Waals surface area contributed by atoms with Gasteiger partial charge in [0.05, 0.1) is 34.9 Å². The Bertz CT molecular complexity index is 1280. The number of aromatic nitrogens is 2. The van der Waals surface area contributed by atoms with Gasteiger partial charge < -0.3 is 4.90 Å². The van der Waals surface area contributed by atoms with Gasteiger partial charge in [-0.1, -0.05) is 24.1 Å². The molecule has 0 spiro atoms. The number of rotatable bonds is 4. The molecule has 0 bridgehead atoms. The van der Waals surface area contributed by atoms with E-state index < -0.39 is 10.0 Å². The molecule has 1 fully saturated rings. The number of benzene rings is 1. The minimum atomic E-state index is -3.55. The summed E-state index contributed by atoms with van der Waals surface area (Å²) in [4.78, 5) is 28.3. The summed E-state index contributed by atoms with van der Waals surface area (Å²) in [5.41, 5.74) is 4.70. The Morgan fingerprint density at radius 3 is 2.61 bits per heavy atom.